The topological polar surface area (TPSA) is 66.7 Å². The SMILES string of the molecule is O=C1CCCCC(=O)c2c1cccc2C(=NO)c1ccccc1. The summed E-state index contributed by atoms with van der Waals surface area (Å²) in [5.74, 6) is -0.0963. The van der Waals surface area contributed by atoms with E-state index in [9.17, 15) is 14.8 Å². The van der Waals surface area contributed by atoms with Gasteiger partial charge in [0.2, 0.25) is 0 Å². The van der Waals surface area contributed by atoms with Crippen molar-refractivity contribution >= 4 is 17.3 Å². The number of fused-ring (bicyclic) bond motifs is 1. The van der Waals surface area contributed by atoms with Crippen molar-refractivity contribution in [3.8, 4) is 0 Å². The van der Waals surface area contributed by atoms with Crippen LogP contribution in [0.2, 0.25) is 0 Å². The highest BCUT2D eigenvalue weighted by Crippen LogP contribution is 2.25. The molecule has 1 aliphatic carbocycles. The Balaban J connectivity index is 2.21. The van der Waals surface area contributed by atoms with Crippen LogP contribution in [0.5, 0.6) is 0 Å². The van der Waals surface area contributed by atoms with E-state index in [0.29, 0.717) is 47.2 Å². The Morgan fingerprint density at radius 1 is 0.870 bits per heavy atom. The van der Waals surface area contributed by atoms with Crippen LogP contribution in [-0.2, 0) is 0 Å². The maximum Gasteiger partial charge on any atom is 0.164 e. The minimum Gasteiger partial charge on any atom is -0.410 e. The highest BCUT2D eigenvalue weighted by Gasteiger charge is 2.25. The van der Waals surface area contributed by atoms with Crippen molar-refractivity contribution in [1.29, 1.82) is 0 Å². The maximum absolute atomic E-state index is 12.6. The third kappa shape index (κ3) is 2.93. The van der Waals surface area contributed by atoms with Gasteiger partial charge in [-0.3, -0.25) is 9.59 Å². The van der Waals surface area contributed by atoms with Crippen LogP contribution < -0.4 is 0 Å². The van der Waals surface area contributed by atoms with Crippen molar-refractivity contribution < 1.29 is 14.8 Å². The van der Waals surface area contributed by atoms with Gasteiger partial charge in [0.1, 0.15) is 5.71 Å². The number of benzene rings is 2. The average molecular weight is 307 g/mol. The Hall–Kier alpha value is -2.75. The van der Waals surface area contributed by atoms with Crippen LogP contribution in [0.15, 0.2) is 53.7 Å². The van der Waals surface area contributed by atoms with Crippen LogP contribution in [0.1, 0.15) is 57.5 Å². The number of rotatable bonds is 2. The molecule has 4 nitrogen and oxygen atoms in total. The molecule has 0 bridgehead atoms. The first kappa shape index (κ1) is 15.2. The van der Waals surface area contributed by atoms with Gasteiger partial charge in [-0.25, -0.2) is 0 Å². The Morgan fingerprint density at radius 2 is 1.57 bits per heavy atom. The summed E-state index contributed by atoms with van der Waals surface area (Å²) in [6.07, 6.45) is 2.29. The highest BCUT2D eigenvalue weighted by atomic mass is 16.4. The van der Waals surface area contributed by atoms with Crippen LogP contribution in [0.4, 0.5) is 0 Å². The Morgan fingerprint density at radius 3 is 2.26 bits per heavy atom. The molecule has 2 aromatic carbocycles. The molecular formula is C19H17NO3. The number of hydrogen-bond acceptors (Lipinski definition) is 4. The molecule has 0 amide bonds. The largest absolute Gasteiger partial charge is 0.410 e. The molecule has 0 atom stereocenters. The number of Topliss-reactive ketones (excluding diaryl/α,β-unsaturated/α-hetero) is 2. The van der Waals surface area contributed by atoms with E-state index in [2.05, 4.69) is 5.16 Å². The zero-order chi connectivity index (χ0) is 16.2. The molecule has 0 aromatic heterocycles. The number of nitrogens with zero attached hydrogens (tertiary/aromatic N) is 1. The number of ketones is 2. The number of carbonyl (C=O) groups excluding carboxylic acids is 2. The predicted molar refractivity (Wildman–Crippen MR) is 87.4 cm³/mol. The molecule has 2 aromatic rings. The minimum absolute atomic E-state index is 0.0275. The Kier molecular flexibility index (Phi) is 4.33. The summed E-state index contributed by atoms with van der Waals surface area (Å²) in [4.78, 5) is 24.9. The van der Waals surface area contributed by atoms with Gasteiger partial charge in [-0.1, -0.05) is 53.7 Å². The molecule has 0 unspecified atom stereocenters. The molecular weight excluding hydrogens is 290 g/mol. The maximum atomic E-state index is 12.6. The van der Waals surface area contributed by atoms with E-state index in [1.807, 2.05) is 30.3 Å². The fourth-order valence-corrected chi connectivity index (χ4v) is 2.98. The average Bonchev–Trinajstić information content (AvgIpc) is 2.58. The van der Waals surface area contributed by atoms with E-state index in [0.717, 1.165) is 6.42 Å². The van der Waals surface area contributed by atoms with Gasteiger partial charge in [0.05, 0.1) is 0 Å². The fraction of sp³-hybridized carbons (Fsp3) is 0.211. The van der Waals surface area contributed by atoms with Gasteiger partial charge in [-0.2, -0.15) is 0 Å². The lowest BCUT2D eigenvalue weighted by Gasteiger charge is -2.16. The molecule has 23 heavy (non-hydrogen) atoms. The second-order valence-electron chi connectivity index (χ2n) is 5.60. The molecule has 0 heterocycles. The minimum atomic E-state index is -0.0688. The summed E-state index contributed by atoms with van der Waals surface area (Å²) in [7, 11) is 0. The summed E-state index contributed by atoms with van der Waals surface area (Å²) in [6, 6.07) is 14.3. The molecule has 1 N–H and O–H groups in total. The summed E-state index contributed by atoms with van der Waals surface area (Å²) in [6.45, 7) is 0. The predicted octanol–water partition coefficient (Wildman–Crippen LogP) is 3.85. The van der Waals surface area contributed by atoms with Gasteiger partial charge in [0.25, 0.3) is 0 Å². The van der Waals surface area contributed by atoms with Crippen LogP contribution >= 0.6 is 0 Å². The van der Waals surface area contributed by atoms with Crippen molar-refractivity contribution in [2.45, 2.75) is 25.7 Å². The molecule has 116 valence electrons. The van der Waals surface area contributed by atoms with Gasteiger partial charge in [-0.05, 0) is 12.8 Å². The first-order valence-electron chi connectivity index (χ1n) is 7.69. The van der Waals surface area contributed by atoms with Crippen LogP contribution in [0.3, 0.4) is 0 Å². The third-order valence-corrected chi connectivity index (χ3v) is 4.10. The van der Waals surface area contributed by atoms with E-state index >= 15 is 0 Å². The van der Waals surface area contributed by atoms with Crippen molar-refractivity contribution in [1.82, 2.24) is 0 Å². The van der Waals surface area contributed by atoms with Gasteiger partial charge in [-0.15, -0.1) is 0 Å². The van der Waals surface area contributed by atoms with E-state index < -0.39 is 0 Å². The molecule has 3 rings (SSSR count). The lowest BCUT2D eigenvalue weighted by atomic mass is 9.86. The summed E-state index contributed by atoms with van der Waals surface area (Å²) in [5, 5.41) is 12.9. The van der Waals surface area contributed by atoms with Crippen LogP contribution in [0.25, 0.3) is 0 Å². The van der Waals surface area contributed by atoms with Gasteiger partial charge in [0, 0.05) is 35.1 Å². The standard InChI is InChI=1S/C19H17NO3/c21-16-11-4-5-12-17(22)18-14(16)9-6-10-15(18)19(20-23)13-7-2-1-3-8-13/h1-3,6-10,23H,4-5,11-12H2. The Labute approximate surface area is 134 Å². The summed E-state index contributed by atoms with van der Waals surface area (Å²) < 4.78 is 0. The monoisotopic (exact) mass is 307 g/mol. The summed E-state index contributed by atoms with van der Waals surface area (Å²) in [5.41, 5.74) is 2.34. The third-order valence-electron chi connectivity index (χ3n) is 4.10. The number of carbonyl (C=O) groups is 2. The lowest BCUT2D eigenvalue weighted by Crippen LogP contribution is -2.18. The molecule has 0 saturated carbocycles. The second kappa shape index (κ2) is 6.57. The van der Waals surface area contributed by atoms with E-state index in [1.54, 1.807) is 18.2 Å². The first-order valence-corrected chi connectivity index (χ1v) is 7.69. The molecule has 4 heteroatoms. The van der Waals surface area contributed by atoms with E-state index in [1.165, 1.54) is 0 Å². The molecule has 1 aliphatic rings. The van der Waals surface area contributed by atoms with Crippen molar-refractivity contribution in [2.75, 3.05) is 0 Å². The number of oxime groups is 1. The number of hydrogen-bond donors (Lipinski definition) is 1. The molecule has 0 saturated heterocycles. The first-order chi connectivity index (χ1) is 11.2. The quantitative estimate of drug-likeness (QED) is 0.520. The second-order valence-corrected chi connectivity index (χ2v) is 5.60. The fourth-order valence-electron chi connectivity index (χ4n) is 2.98. The smallest absolute Gasteiger partial charge is 0.164 e. The molecule has 0 radical (unpaired) electrons. The highest BCUT2D eigenvalue weighted by molar-refractivity contribution is 6.21. The van der Waals surface area contributed by atoms with Gasteiger partial charge < -0.3 is 5.21 Å². The van der Waals surface area contributed by atoms with Crippen molar-refractivity contribution in [2.24, 2.45) is 5.16 Å². The lowest BCUT2D eigenvalue weighted by molar-refractivity contribution is 0.0929. The molecule has 0 aliphatic heterocycles. The van der Waals surface area contributed by atoms with Gasteiger partial charge in [0.15, 0.2) is 11.6 Å². The van der Waals surface area contributed by atoms with Crippen LogP contribution in [0, 0.1) is 0 Å². The normalized spacial score (nSPS) is 15.7. The van der Waals surface area contributed by atoms with Crippen molar-refractivity contribution in [3.63, 3.8) is 0 Å². The van der Waals surface area contributed by atoms with Gasteiger partial charge >= 0.3 is 0 Å². The molecule has 0 fully saturated rings. The molecule has 0 spiro atoms. The van der Waals surface area contributed by atoms with E-state index in [-0.39, 0.29) is 11.6 Å². The van der Waals surface area contributed by atoms with Crippen LogP contribution in [-0.4, -0.2) is 22.5 Å². The zero-order valence-electron chi connectivity index (χ0n) is 12.7. The zero-order valence-corrected chi connectivity index (χ0v) is 12.7. The van der Waals surface area contributed by atoms with Crippen molar-refractivity contribution in [3.05, 3.63) is 70.8 Å². The summed E-state index contributed by atoms with van der Waals surface area (Å²) >= 11 is 0. The Bertz CT molecular complexity index is 778. The van der Waals surface area contributed by atoms with E-state index in [4.69, 9.17) is 0 Å².